The number of ether oxygens (including phenoxy) is 2. The number of fused-ring (bicyclic) bond motifs is 6. The molecule has 0 aromatic heterocycles. The molecule has 0 radical (unpaired) electrons. The number of methoxy groups -OCH3 is 1. The van der Waals surface area contributed by atoms with E-state index in [9.17, 15) is 5.11 Å². The third-order valence-electron chi connectivity index (χ3n) is 11.9. The molecule has 0 spiro atoms. The first-order valence-electron chi connectivity index (χ1n) is 14.1. The van der Waals surface area contributed by atoms with Crippen LogP contribution in [0.4, 0.5) is 0 Å². The summed E-state index contributed by atoms with van der Waals surface area (Å²) in [6, 6.07) is 6.74. The molecule has 0 bridgehead atoms. The molecule has 4 aliphatic carbocycles. The maximum absolute atomic E-state index is 10.3. The number of benzene rings is 1. The molecule has 9 atom stereocenters. The van der Waals surface area contributed by atoms with Crippen LogP contribution in [0.3, 0.4) is 0 Å². The van der Waals surface area contributed by atoms with Crippen LogP contribution in [0.2, 0.25) is 0 Å². The Morgan fingerprint density at radius 1 is 1.03 bits per heavy atom. The van der Waals surface area contributed by atoms with Crippen molar-refractivity contribution in [2.45, 2.75) is 97.2 Å². The van der Waals surface area contributed by atoms with Gasteiger partial charge in [-0.05, 0) is 123 Å². The normalized spacial score (nSPS) is 44.7. The van der Waals surface area contributed by atoms with Crippen LogP contribution in [0.5, 0.6) is 11.5 Å². The first-order chi connectivity index (χ1) is 16.3. The Kier molecular flexibility index (Phi) is 5.72. The lowest BCUT2D eigenvalue weighted by Crippen LogP contribution is -2.55. The van der Waals surface area contributed by atoms with E-state index in [1.807, 2.05) is 6.07 Å². The molecule has 4 saturated carbocycles. The quantitative estimate of drug-likeness (QED) is 0.570. The van der Waals surface area contributed by atoms with Crippen LogP contribution >= 0.6 is 0 Å². The van der Waals surface area contributed by atoms with Gasteiger partial charge in [-0.25, -0.2) is 0 Å². The number of hydrogen-bond acceptors (Lipinski definition) is 4. The van der Waals surface area contributed by atoms with E-state index < -0.39 is 0 Å². The Hall–Kier alpha value is -1.26. The summed E-state index contributed by atoms with van der Waals surface area (Å²) < 4.78 is 11.7. The summed E-state index contributed by atoms with van der Waals surface area (Å²) in [6.07, 6.45) is 11.6. The van der Waals surface area contributed by atoms with Crippen molar-refractivity contribution in [3.8, 4) is 11.5 Å². The van der Waals surface area contributed by atoms with Crippen molar-refractivity contribution in [1.82, 2.24) is 4.90 Å². The van der Waals surface area contributed by atoms with Gasteiger partial charge >= 0.3 is 0 Å². The van der Waals surface area contributed by atoms with E-state index in [4.69, 9.17) is 9.47 Å². The van der Waals surface area contributed by atoms with Crippen LogP contribution in [0, 0.1) is 40.4 Å². The summed E-state index contributed by atoms with van der Waals surface area (Å²) in [5, 5.41) is 10.3. The molecule has 1 heterocycles. The van der Waals surface area contributed by atoms with E-state index in [1.165, 1.54) is 50.5 Å². The van der Waals surface area contributed by atoms with E-state index in [0.29, 0.717) is 23.6 Å². The predicted octanol–water partition coefficient (Wildman–Crippen LogP) is 6.26. The Morgan fingerprint density at radius 3 is 2.65 bits per heavy atom. The number of aliphatic hydroxyl groups is 1. The molecule has 5 aliphatic rings. The van der Waals surface area contributed by atoms with Crippen molar-refractivity contribution < 1.29 is 14.6 Å². The van der Waals surface area contributed by atoms with Crippen LogP contribution in [0.15, 0.2) is 18.2 Å². The highest BCUT2D eigenvalue weighted by atomic mass is 16.5. The van der Waals surface area contributed by atoms with Crippen molar-refractivity contribution in [2.24, 2.45) is 40.4 Å². The third-order valence-corrected chi connectivity index (χ3v) is 11.9. The van der Waals surface area contributed by atoms with E-state index in [2.05, 4.69) is 37.8 Å². The fourth-order valence-electron chi connectivity index (χ4n) is 9.95. The summed E-state index contributed by atoms with van der Waals surface area (Å²) in [5.74, 6) is 6.08. The van der Waals surface area contributed by atoms with Gasteiger partial charge in [-0.3, -0.25) is 4.90 Å². The van der Waals surface area contributed by atoms with Crippen LogP contribution in [-0.4, -0.2) is 36.0 Å². The standard InChI is InChI=1S/C30H45NO3/c1-19(31-17-20-15-23(33-4)6-10-28(20)34-18-31)25-8-9-26-24-7-5-21-16-22(32)11-13-29(21,2)27(24)12-14-30(25,26)3/h6,10,15,19,21-22,24-27,32H,5,7-9,11-14,16-18H2,1-4H3/t19-,21-,22+,24+,25-,26+,27+,29+,30-/m1/s1. The lowest BCUT2D eigenvalue weighted by molar-refractivity contribution is -0.131. The molecule has 4 fully saturated rings. The maximum Gasteiger partial charge on any atom is 0.142 e. The Labute approximate surface area is 206 Å². The van der Waals surface area contributed by atoms with E-state index in [0.717, 1.165) is 60.5 Å². The fourth-order valence-corrected chi connectivity index (χ4v) is 9.95. The second kappa shape index (κ2) is 8.40. The van der Waals surface area contributed by atoms with Gasteiger partial charge in [-0.2, -0.15) is 0 Å². The first-order valence-corrected chi connectivity index (χ1v) is 14.1. The number of hydrogen-bond donors (Lipinski definition) is 1. The van der Waals surface area contributed by atoms with Gasteiger partial charge in [0.1, 0.15) is 18.2 Å². The smallest absolute Gasteiger partial charge is 0.142 e. The second-order valence-electron chi connectivity index (χ2n) is 13.0. The SMILES string of the molecule is COc1ccc2c(c1)CN([C@H](C)[C@H]1CC[C@H]3[C@@H]4CC[C@@H]5C[C@@H](O)CC[C@]5(C)[C@H]4CC[C@]13C)CO2. The van der Waals surface area contributed by atoms with E-state index in [-0.39, 0.29) is 6.10 Å². The van der Waals surface area contributed by atoms with Crippen LogP contribution in [0.25, 0.3) is 0 Å². The van der Waals surface area contributed by atoms with E-state index in [1.54, 1.807) is 7.11 Å². The first kappa shape index (κ1) is 23.2. The molecule has 188 valence electrons. The predicted molar refractivity (Wildman–Crippen MR) is 135 cm³/mol. The topological polar surface area (TPSA) is 41.9 Å². The lowest BCUT2D eigenvalue weighted by atomic mass is 9.44. The van der Waals surface area contributed by atoms with Gasteiger partial charge in [0, 0.05) is 18.2 Å². The third kappa shape index (κ3) is 3.45. The molecule has 1 aliphatic heterocycles. The van der Waals surface area contributed by atoms with Crippen molar-refractivity contribution >= 4 is 0 Å². The minimum absolute atomic E-state index is 0.0444. The van der Waals surface area contributed by atoms with Gasteiger partial charge in [0.15, 0.2) is 0 Å². The highest BCUT2D eigenvalue weighted by Gasteiger charge is 2.61. The lowest BCUT2D eigenvalue weighted by Gasteiger charge is -2.61. The summed E-state index contributed by atoms with van der Waals surface area (Å²) in [6.45, 7) is 9.39. The van der Waals surface area contributed by atoms with Gasteiger partial charge in [-0.1, -0.05) is 13.8 Å². The largest absolute Gasteiger partial charge is 0.497 e. The molecule has 0 saturated heterocycles. The van der Waals surface area contributed by atoms with Gasteiger partial charge in [0.25, 0.3) is 0 Å². The highest BCUT2D eigenvalue weighted by Crippen LogP contribution is 2.68. The molecule has 1 aromatic carbocycles. The number of rotatable bonds is 3. The van der Waals surface area contributed by atoms with Gasteiger partial charge in [0.2, 0.25) is 0 Å². The monoisotopic (exact) mass is 467 g/mol. The molecule has 1 aromatic rings. The van der Waals surface area contributed by atoms with Gasteiger partial charge in [0.05, 0.1) is 13.2 Å². The molecule has 6 rings (SSSR count). The van der Waals surface area contributed by atoms with Crippen LogP contribution in [0.1, 0.15) is 84.1 Å². The minimum Gasteiger partial charge on any atom is -0.497 e. The molecule has 34 heavy (non-hydrogen) atoms. The summed E-state index contributed by atoms with van der Waals surface area (Å²) in [4.78, 5) is 2.58. The minimum atomic E-state index is -0.0444. The van der Waals surface area contributed by atoms with Crippen molar-refractivity contribution in [1.29, 1.82) is 0 Å². The summed E-state index contributed by atoms with van der Waals surface area (Å²) in [5.41, 5.74) is 2.18. The Balaban J connectivity index is 1.20. The molecule has 0 unspecified atom stereocenters. The number of aliphatic hydroxyl groups excluding tert-OH is 1. The molecular weight excluding hydrogens is 422 g/mol. The maximum atomic E-state index is 10.3. The van der Waals surface area contributed by atoms with Crippen LogP contribution < -0.4 is 9.47 Å². The van der Waals surface area contributed by atoms with Crippen molar-refractivity contribution in [3.05, 3.63) is 23.8 Å². The summed E-state index contributed by atoms with van der Waals surface area (Å²) in [7, 11) is 1.74. The Morgan fingerprint density at radius 2 is 1.82 bits per heavy atom. The molecular formula is C30H45NO3. The second-order valence-corrected chi connectivity index (χ2v) is 13.0. The van der Waals surface area contributed by atoms with E-state index >= 15 is 0 Å². The number of nitrogens with zero attached hydrogens (tertiary/aromatic N) is 1. The van der Waals surface area contributed by atoms with Crippen molar-refractivity contribution in [3.63, 3.8) is 0 Å². The zero-order valence-corrected chi connectivity index (χ0v) is 21.8. The van der Waals surface area contributed by atoms with Gasteiger partial charge < -0.3 is 14.6 Å². The van der Waals surface area contributed by atoms with Gasteiger partial charge in [-0.15, -0.1) is 0 Å². The zero-order valence-electron chi connectivity index (χ0n) is 21.8. The molecule has 4 nitrogen and oxygen atoms in total. The molecule has 4 heteroatoms. The average molecular weight is 468 g/mol. The zero-order chi connectivity index (χ0) is 23.7. The summed E-state index contributed by atoms with van der Waals surface area (Å²) >= 11 is 0. The molecule has 1 N–H and O–H groups in total. The fraction of sp³-hybridized carbons (Fsp3) is 0.800. The average Bonchev–Trinajstić information content (AvgIpc) is 3.20. The van der Waals surface area contributed by atoms with Crippen LogP contribution in [-0.2, 0) is 6.54 Å². The van der Waals surface area contributed by atoms with Crippen molar-refractivity contribution in [2.75, 3.05) is 13.8 Å². The molecule has 0 amide bonds. The Bertz CT molecular complexity index is 918. The highest BCUT2D eigenvalue weighted by molar-refractivity contribution is 5.41.